The van der Waals surface area contributed by atoms with E-state index in [0.29, 0.717) is 7.69 Å². The molecule has 0 saturated carbocycles. The molecule has 0 N–H and O–H groups in total. The minimum atomic E-state index is 0.327. The van der Waals surface area contributed by atoms with E-state index in [0.717, 1.165) is 17.1 Å². The van der Waals surface area contributed by atoms with Crippen molar-refractivity contribution in [1.82, 2.24) is 0 Å². The smallest absolute Gasteiger partial charge is 0.526 e. The molecule has 15 heavy (non-hydrogen) atoms. The molecule has 2 aromatic rings. The van der Waals surface area contributed by atoms with E-state index < -0.39 is 0 Å². The van der Waals surface area contributed by atoms with Crippen molar-refractivity contribution in [3.05, 3.63) is 48.5 Å². The van der Waals surface area contributed by atoms with Crippen LogP contribution in [0.3, 0.4) is 0 Å². The quantitative estimate of drug-likeness (QED) is 0.652. The number of hydrogen-bond donors (Lipinski definition) is 0. The summed E-state index contributed by atoms with van der Waals surface area (Å²) in [6.07, 6.45) is 0. The van der Waals surface area contributed by atoms with E-state index in [1.165, 1.54) is 5.56 Å². The van der Waals surface area contributed by atoms with Crippen LogP contribution in [0.5, 0.6) is 11.5 Å². The highest BCUT2D eigenvalue weighted by molar-refractivity contribution is 6.23. The van der Waals surface area contributed by atoms with Crippen molar-refractivity contribution < 1.29 is 9.31 Å². The minimum Gasteiger partial charge on any atom is -0.526 e. The lowest BCUT2D eigenvalue weighted by atomic mass is 10.1. The minimum absolute atomic E-state index is 0.327. The van der Waals surface area contributed by atoms with Crippen molar-refractivity contribution in [2.24, 2.45) is 0 Å². The molecule has 0 amide bonds. The Hall–Kier alpha value is -1.90. The summed E-state index contributed by atoms with van der Waals surface area (Å²) in [6, 6.07) is 16.2. The summed E-state index contributed by atoms with van der Waals surface area (Å²) < 4.78 is 10.6. The van der Waals surface area contributed by atoms with Gasteiger partial charge in [0.15, 0.2) is 0 Å². The van der Waals surface area contributed by atoms with Crippen LogP contribution >= 0.6 is 0 Å². The number of fused-ring (bicyclic) bond motifs is 1. The Kier molecular flexibility index (Phi) is 1.88. The number of rotatable bonds is 1. The van der Waals surface area contributed by atoms with E-state index in [-0.39, 0.29) is 0 Å². The lowest BCUT2D eigenvalue weighted by molar-refractivity contribution is 0.541. The van der Waals surface area contributed by atoms with Gasteiger partial charge in [-0.05, 0) is 23.3 Å². The summed E-state index contributed by atoms with van der Waals surface area (Å²) in [4.78, 5) is 0. The molecule has 3 rings (SSSR count). The highest BCUT2D eigenvalue weighted by atomic mass is 16.6. The van der Waals surface area contributed by atoms with E-state index in [4.69, 9.17) is 9.31 Å². The molecule has 0 unspecified atom stereocenters. The fraction of sp³-hybridized carbons (Fsp3) is 0. The zero-order valence-corrected chi connectivity index (χ0v) is 8.14. The fourth-order valence-electron chi connectivity index (χ4n) is 1.71. The van der Waals surface area contributed by atoms with E-state index in [1.807, 2.05) is 36.4 Å². The molecule has 72 valence electrons. The summed E-state index contributed by atoms with van der Waals surface area (Å²) in [5.74, 6) is 1.66. The van der Waals surface area contributed by atoms with Crippen molar-refractivity contribution in [2.45, 2.75) is 0 Å². The third-order valence-corrected chi connectivity index (χ3v) is 2.48. The van der Waals surface area contributed by atoms with Gasteiger partial charge < -0.3 is 9.31 Å². The first-order valence-corrected chi connectivity index (χ1v) is 4.88. The van der Waals surface area contributed by atoms with Crippen LogP contribution in [0.4, 0.5) is 0 Å². The lowest BCUT2D eigenvalue weighted by Crippen LogP contribution is -1.99. The second-order valence-electron chi connectivity index (χ2n) is 3.43. The maximum absolute atomic E-state index is 5.34. The molecule has 1 aliphatic rings. The molecule has 1 heterocycles. The Morgan fingerprint density at radius 3 is 2.40 bits per heavy atom. The zero-order valence-electron chi connectivity index (χ0n) is 8.14. The van der Waals surface area contributed by atoms with Crippen molar-refractivity contribution in [3.63, 3.8) is 0 Å². The van der Waals surface area contributed by atoms with Crippen molar-refractivity contribution in [1.29, 1.82) is 0 Å². The molecule has 0 fully saturated rings. The van der Waals surface area contributed by atoms with Crippen LogP contribution in [0.15, 0.2) is 48.5 Å². The third kappa shape index (κ3) is 1.46. The summed E-state index contributed by atoms with van der Waals surface area (Å²) in [5.41, 5.74) is 2.34. The van der Waals surface area contributed by atoms with Crippen LogP contribution in [-0.4, -0.2) is 7.69 Å². The van der Waals surface area contributed by atoms with Gasteiger partial charge in [-0.15, -0.1) is 0 Å². The van der Waals surface area contributed by atoms with Gasteiger partial charge in [0.05, 0.1) is 0 Å². The summed E-state index contributed by atoms with van der Waals surface area (Å²) in [7, 11) is 0.327. The lowest BCUT2D eigenvalue weighted by Gasteiger charge is -2.03. The predicted molar refractivity (Wildman–Crippen MR) is 60.3 cm³/mol. The molecule has 0 atom stereocenters. The first-order chi connectivity index (χ1) is 7.43. The van der Waals surface area contributed by atoms with Gasteiger partial charge in [-0.3, -0.25) is 0 Å². The van der Waals surface area contributed by atoms with Crippen LogP contribution in [0.1, 0.15) is 0 Å². The molecular weight excluding hydrogens is 187 g/mol. The Morgan fingerprint density at radius 2 is 1.53 bits per heavy atom. The first kappa shape index (κ1) is 8.42. The van der Waals surface area contributed by atoms with E-state index in [1.54, 1.807) is 0 Å². The number of benzene rings is 2. The SMILES string of the molecule is B1Oc2ccc(-c3ccccc3)cc2O1. The Labute approximate surface area is 88.8 Å². The number of hydrogen-bond acceptors (Lipinski definition) is 2. The van der Waals surface area contributed by atoms with Gasteiger partial charge in [0.2, 0.25) is 0 Å². The van der Waals surface area contributed by atoms with Crippen molar-refractivity contribution >= 4 is 7.69 Å². The Bertz CT molecular complexity index is 482. The summed E-state index contributed by atoms with van der Waals surface area (Å²) >= 11 is 0. The highest BCUT2D eigenvalue weighted by Gasteiger charge is 2.15. The van der Waals surface area contributed by atoms with Crippen LogP contribution in [-0.2, 0) is 0 Å². The Balaban J connectivity index is 2.07. The predicted octanol–water partition coefficient (Wildman–Crippen LogP) is 2.39. The van der Waals surface area contributed by atoms with Crippen LogP contribution in [0.2, 0.25) is 0 Å². The van der Waals surface area contributed by atoms with E-state index in [9.17, 15) is 0 Å². The molecule has 1 aliphatic heterocycles. The van der Waals surface area contributed by atoms with Gasteiger partial charge in [-0.1, -0.05) is 36.4 Å². The Morgan fingerprint density at radius 1 is 0.733 bits per heavy atom. The van der Waals surface area contributed by atoms with E-state index in [2.05, 4.69) is 12.1 Å². The molecule has 2 nitrogen and oxygen atoms in total. The first-order valence-electron chi connectivity index (χ1n) is 4.88. The maximum Gasteiger partial charge on any atom is 0.576 e. The molecular formula is C12H9BO2. The molecule has 0 radical (unpaired) electrons. The molecule has 3 heteroatoms. The highest BCUT2D eigenvalue weighted by Crippen LogP contribution is 2.35. The average Bonchev–Trinajstić information content (AvgIpc) is 2.77. The van der Waals surface area contributed by atoms with Crippen molar-refractivity contribution in [3.8, 4) is 22.6 Å². The second-order valence-corrected chi connectivity index (χ2v) is 3.43. The zero-order chi connectivity index (χ0) is 10.1. The van der Waals surface area contributed by atoms with Gasteiger partial charge in [0, 0.05) is 0 Å². The summed E-state index contributed by atoms with van der Waals surface area (Å²) in [5, 5.41) is 0. The molecule has 2 aromatic carbocycles. The standard InChI is InChI=1S/C12H9BO2/c1-2-4-9(5-3-1)10-6-7-11-12(8-10)15-13-14-11/h1-8,13H. The average molecular weight is 196 g/mol. The van der Waals surface area contributed by atoms with Crippen molar-refractivity contribution in [2.75, 3.05) is 0 Å². The normalized spacial score (nSPS) is 12.3. The second kappa shape index (κ2) is 3.35. The van der Waals surface area contributed by atoms with Gasteiger partial charge in [-0.25, -0.2) is 0 Å². The largest absolute Gasteiger partial charge is 0.576 e. The molecule has 0 bridgehead atoms. The van der Waals surface area contributed by atoms with Crippen LogP contribution in [0, 0.1) is 0 Å². The van der Waals surface area contributed by atoms with Gasteiger partial charge in [0.1, 0.15) is 11.5 Å². The molecule has 0 aliphatic carbocycles. The van der Waals surface area contributed by atoms with Gasteiger partial charge in [-0.2, -0.15) is 0 Å². The van der Waals surface area contributed by atoms with Crippen LogP contribution in [0.25, 0.3) is 11.1 Å². The van der Waals surface area contributed by atoms with Gasteiger partial charge >= 0.3 is 7.69 Å². The maximum atomic E-state index is 5.34. The molecule has 0 saturated heterocycles. The van der Waals surface area contributed by atoms with E-state index >= 15 is 0 Å². The summed E-state index contributed by atoms with van der Waals surface area (Å²) in [6.45, 7) is 0. The molecule has 0 aromatic heterocycles. The molecule has 0 spiro atoms. The van der Waals surface area contributed by atoms with Crippen LogP contribution < -0.4 is 9.31 Å². The fourth-order valence-corrected chi connectivity index (χ4v) is 1.71. The monoisotopic (exact) mass is 196 g/mol. The third-order valence-electron chi connectivity index (χ3n) is 2.48. The van der Waals surface area contributed by atoms with Gasteiger partial charge in [0.25, 0.3) is 0 Å². The topological polar surface area (TPSA) is 18.5 Å².